The van der Waals surface area contributed by atoms with Gasteiger partial charge in [0, 0.05) is 17.4 Å². The number of carbonyl (C=O) groups excluding carboxylic acids is 1. The third-order valence-corrected chi connectivity index (χ3v) is 7.28. The standard InChI is InChI=1S/C29H30F6O4/c1-5-26(6-2,21-8-11-24(19(4)16-21)38-17-22-9-12-25(36)39-22)23-10-7-20(15-18(23)3)13-14-27(37,28(30,31)32)29(33,34)35/h7-8,10-11,15-16,22,37H,5-6,9,12,17H2,1-4H3/t22-/m1/s1. The Balaban J connectivity index is 1.93. The molecule has 0 amide bonds. The monoisotopic (exact) mass is 556 g/mol. The van der Waals surface area contributed by atoms with Gasteiger partial charge in [0.1, 0.15) is 18.5 Å². The van der Waals surface area contributed by atoms with Gasteiger partial charge in [0.05, 0.1) is 0 Å². The first kappa shape index (κ1) is 30.4. The Morgan fingerprint density at radius 2 is 1.62 bits per heavy atom. The maximum Gasteiger partial charge on any atom is 0.438 e. The molecule has 10 heteroatoms. The van der Waals surface area contributed by atoms with E-state index in [0.717, 1.165) is 22.6 Å². The van der Waals surface area contributed by atoms with Crippen molar-refractivity contribution in [2.45, 2.75) is 82.9 Å². The molecule has 0 spiro atoms. The van der Waals surface area contributed by atoms with Crippen molar-refractivity contribution in [2.75, 3.05) is 6.61 Å². The predicted octanol–water partition coefficient (Wildman–Crippen LogP) is 6.70. The third kappa shape index (κ3) is 6.03. The maximum atomic E-state index is 13.0. The van der Waals surface area contributed by atoms with Crippen LogP contribution < -0.4 is 4.74 Å². The van der Waals surface area contributed by atoms with Crippen LogP contribution >= 0.6 is 0 Å². The number of rotatable bonds is 7. The van der Waals surface area contributed by atoms with Gasteiger partial charge in [-0.25, -0.2) is 0 Å². The SMILES string of the molecule is CCC(CC)(c1ccc(OC[C@H]2CCC(=O)O2)c(C)c1)c1ccc(C#CC(O)(C(F)(F)F)C(F)(F)F)cc1C. The number of hydrogen-bond donors (Lipinski definition) is 1. The van der Waals surface area contributed by atoms with Crippen LogP contribution in [0.3, 0.4) is 0 Å². The summed E-state index contributed by atoms with van der Waals surface area (Å²) >= 11 is 0. The fourth-order valence-corrected chi connectivity index (χ4v) is 4.93. The van der Waals surface area contributed by atoms with E-state index in [-0.39, 0.29) is 24.2 Å². The van der Waals surface area contributed by atoms with E-state index in [2.05, 4.69) is 0 Å². The molecule has 39 heavy (non-hydrogen) atoms. The summed E-state index contributed by atoms with van der Waals surface area (Å²) in [4.78, 5) is 11.3. The summed E-state index contributed by atoms with van der Waals surface area (Å²) in [7, 11) is 0. The number of esters is 1. The van der Waals surface area contributed by atoms with E-state index in [9.17, 15) is 36.2 Å². The number of carbonyl (C=O) groups is 1. The topological polar surface area (TPSA) is 55.8 Å². The number of alkyl halides is 6. The highest BCUT2D eigenvalue weighted by Gasteiger charge is 2.70. The van der Waals surface area contributed by atoms with Gasteiger partial charge >= 0.3 is 23.9 Å². The molecule has 1 heterocycles. The van der Waals surface area contributed by atoms with Crippen molar-refractivity contribution in [1.82, 2.24) is 0 Å². The van der Waals surface area contributed by atoms with Crippen molar-refractivity contribution in [2.24, 2.45) is 0 Å². The summed E-state index contributed by atoms with van der Waals surface area (Å²) in [6.45, 7) is 7.85. The van der Waals surface area contributed by atoms with Crippen molar-refractivity contribution < 1.29 is 45.7 Å². The van der Waals surface area contributed by atoms with E-state index in [0.29, 0.717) is 37.0 Å². The van der Waals surface area contributed by atoms with Crippen molar-refractivity contribution >= 4 is 5.97 Å². The molecule has 0 aromatic heterocycles. The second kappa shape index (κ2) is 11.1. The van der Waals surface area contributed by atoms with Crippen molar-refractivity contribution in [3.05, 3.63) is 64.2 Å². The minimum atomic E-state index is -6.01. The van der Waals surface area contributed by atoms with Gasteiger partial charge in [0.15, 0.2) is 0 Å². The molecular weight excluding hydrogens is 526 g/mol. The molecule has 1 saturated heterocycles. The van der Waals surface area contributed by atoms with Crippen LogP contribution in [0.25, 0.3) is 0 Å². The van der Waals surface area contributed by atoms with Gasteiger partial charge in [0.25, 0.3) is 0 Å². The van der Waals surface area contributed by atoms with E-state index in [1.165, 1.54) is 12.1 Å². The summed E-state index contributed by atoms with van der Waals surface area (Å²) in [6.07, 6.45) is -10.0. The van der Waals surface area contributed by atoms with E-state index in [1.807, 2.05) is 44.9 Å². The van der Waals surface area contributed by atoms with Crippen LogP contribution in [0.15, 0.2) is 36.4 Å². The van der Waals surface area contributed by atoms with Crippen LogP contribution in [0.5, 0.6) is 5.75 Å². The number of cyclic esters (lactones) is 1. The van der Waals surface area contributed by atoms with Gasteiger partial charge in [0.2, 0.25) is 0 Å². The quantitative estimate of drug-likeness (QED) is 0.234. The molecule has 2 aromatic rings. The Kier molecular flexibility index (Phi) is 8.66. The number of ether oxygens (including phenoxy) is 2. The Morgan fingerprint density at radius 1 is 0.974 bits per heavy atom. The van der Waals surface area contributed by atoms with Crippen LogP contribution in [-0.4, -0.2) is 41.7 Å². The van der Waals surface area contributed by atoms with Gasteiger partial charge in [-0.2, -0.15) is 26.3 Å². The minimum absolute atomic E-state index is 0.0863. The van der Waals surface area contributed by atoms with Gasteiger partial charge in [-0.05, 0) is 79.5 Å². The van der Waals surface area contributed by atoms with Gasteiger partial charge in [-0.3, -0.25) is 4.79 Å². The predicted molar refractivity (Wildman–Crippen MR) is 132 cm³/mol. The largest absolute Gasteiger partial charge is 0.489 e. The molecule has 1 fully saturated rings. The second-order valence-corrected chi connectivity index (χ2v) is 9.72. The van der Waals surface area contributed by atoms with E-state index >= 15 is 0 Å². The molecule has 0 radical (unpaired) electrons. The molecule has 0 unspecified atom stereocenters. The Bertz CT molecular complexity index is 1250. The van der Waals surface area contributed by atoms with Crippen LogP contribution in [0, 0.1) is 25.7 Å². The summed E-state index contributed by atoms with van der Waals surface area (Å²) in [5.41, 5.74) is -2.41. The van der Waals surface area contributed by atoms with Crippen LogP contribution in [0.4, 0.5) is 26.3 Å². The number of hydrogen-bond acceptors (Lipinski definition) is 4. The van der Waals surface area contributed by atoms with Crippen LogP contribution in [0.1, 0.15) is 67.3 Å². The minimum Gasteiger partial charge on any atom is -0.489 e. The fourth-order valence-electron chi connectivity index (χ4n) is 4.93. The molecule has 1 aliphatic heterocycles. The highest BCUT2D eigenvalue weighted by atomic mass is 19.4. The molecule has 1 N–H and O–H groups in total. The number of aliphatic hydroxyl groups is 1. The zero-order valence-corrected chi connectivity index (χ0v) is 22.0. The van der Waals surface area contributed by atoms with Crippen molar-refractivity contribution in [3.63, 3.8) is 0 Å². The molecule has 212 valence electrons. The Labute approximate surface area is 223 Å². The first-order valence-corrected chi connectivity index (χ1v) is 12.5. The molecule has 3 rings (SSSR count). The lowest BCUT2D eigenvalue weighted by atomic mass is 9.69. The molecular formula is C29H30F6O4. The summed E-state index contributed by atoms with van der Waals surface area (Å²) in [6, 6.07) is 10.2. The third-order valence-electron chi connectivity index (χ3n) is 7.28. The average molecular weight is 557 g/mol. The van der Waals surface area contributed by atoms with Crippen molar-refractivity contribution in [1.29, 1.82) is 0 Å². The highest BCUT2D eigenvalue weighted by Crippen LogP contribution is 2.44. The molecule has 2 aromatic carbocycles. The zero-order chi connectivity index (χ0) is 29.2. The molecule has 4 nitrogen and oxygen atoms in total. The average Bonchev–Trinajstić information content (AvgIpc) is 3.27. The second-order valence-electron chi connectivity index (χ2n) is 9.72. The van der Waals surface area contributed by atoms with Gasteiger partial charge in [-0.15, -0.1) is 0 Å². The molecule has 0 aliphatic carbocycles. The van der Waals surface area contributed by atoms with Crippen LogP contribution in [-0.2, 0) is 14.9 Å². The summed E-state index contributed by atoms with van der Waals surface area (Å²) in [5, 5.41) is 9.33. The lowest BCUT2D eigenvalue weighted by molar-refractivity contribution is -0.343. The number of benzene rings is 2. The van der Waals surface area contributed by atoms with E-state index < -0.39 is 23.4 Å². The Morgan fingerprint density at radius 3 is 2.10 bits per heavy atom. The molecule has 0 bridgehead atoms. The highest BCUT2D eigenvalue weighted by molar-refractivity contribution is 5.71. The van der Waals surface area contributed by atoms with Crippen molar-refractivity contribution in [3.8, 4) is 17.6 Å². The van der Waals surface area contributed by atoms with E-state index in [1.54, 1.807) is 13.0 Å². The lowest BCUT2D eigenvalue weighted by Crippen LogP contribution is -2.55. The molecule has 1 atom stereocenters. The zero-order valence-electron chi connectivity index (χ0n) is 22.0. The molecule has 0 saturated carbocycles. The fraction of sp³-hybridized carbons (Fsp3) is 0.483. The molecule has 1 aliphatic rings. The number of aryl methyl sites for hydroxylation is 2. The van der Waals surface area contributed by atoms with Gasteiger partial charge < -0.3 is 14.6 Å². The summed E-state index contributed by atoms with van der Waals surface area (Å²) in [5.74, 6) is 3.27. The Hall–Kier alpha value is -3.19. The smallest absolute Gasteiger partial charge is 0.438 e. The van der Waals surface area contributed by atoms with Crippen LogP contribution in [0.2, 0.25) is 0 Å². The van der Waals surface area contributed by atoms with Gasteiger partial charge in [-0.1, -0.05) is 38.0 Å². The summed E-state index contributed by atoms with van der Waals surface area (Å²) < 4.78 is 89.0. The first-order valence-electron chi connectivity index (χ1n) is 12.5. The number of halogens is 6. The lowest BCUT2D eigenvalue weighted by Gasteiger charge is -2.35. The first-order chi connectivity index (χ1) is 18.1. The maximum absolute atomic E-state index is 13.0. The normalized spacial score (nSPS) is 16.5. The van der Waals surface area contributed by atoms with E-state index in [4.69, 9.17) is 9.47 Å².